The van der Waals surface area contributed by atoms with Crippen molar-refractivity contribution in [3.8, 4) is 5.75 Å². The highest BCUT2D eigenvalue weighted by Crippen LogP contribution is 2.47. The second-order valence-corrected chi connectivity index (χ2v) is 9.85. The number of esters is 1. The lowest BCUT2D eigenvalue weighted by Gasteiger charge is -2.28. The van der Waals surface area contributed by atoms with Gasteiger partial charge in [0.15, 0.2) is 6.10 Å². The second-order valence-electron chi connectivity index (χ2n) is 8.23. The van der Waals surface area contributed by atoms with Gasteiger partial charge in [0.05, 0.1) is 18.0 Å². The second kappa shape index (κ2) is 11.8. The number of amides is 1. The number of carbonyl (C=O) groups excluding carboxylic acids is 2. The molecule has 8 heteroatoms. The fourth-order valence-electron chi connectivity index (χ4n) is 3.61. The number of fused-ring (bicyclic) bond motifs is 1. The van der Waals surface area contributed by atoms with Crippen molar-refractivity contribution in [2.24, 2.45) is 0 Å². The molecule has 33 heavy (non-hydrogen) atoms. The lowest BCUT2D eigenvalue weighted by Crippen LogP contribution is -2.45. The van der Waals surface area contributed by atoms with Crippen LogP contribution >= 0.6 is 23.4 Å². The number of rotatable bonds is 9. The van der Waals surface area contributed by atoms with Crippen LogP contribution in [0.15, 0.2) is 47.4 Å². The maximum atomic E-state index is 13.9. The van der Waals surface area contributed by atoms with Gasteiger partial charge in [-0.15, -0.1) is 11.8 Å². The Bertz CT molecular complexity index is 967. The minimum atomic E-state index is -0.957. The monoisotopic (exact) mass is 490 g/mol. The van der Waals surface area contributed by atoms with Crippen LogP contribution in [0.2, 0.25) is 5.02 Å². The number of unbranched alkanes of at least 4 members (excludes halogenated alkanes) is 1. The summed E-state index contributed by atoms with van der Waals surface area (Å²) in [6.07, 6.45) is 0.932. The van der Waals surface area contributed by atoms with E-state index in [1.807, 2.05) is 62.3 Å². The molecule has 0 saturated carbocycles. The summed E-state index contributed by atoms with van der Waals surface area (Å²) in [7, 11) is 5.53. The average molecular weight is 491 g/mol. The largest absolute Gasteiger partial charge is 0.497 e. The number of anilines is 1. The highest BCUT2D eigenvalue weighted by Gasteiger charge is 2.41. The molecule has 6 nitrogen and oxygen atoms in total. The van der Waals surface area contributed by atoms with Gasteiger partial charge in [-0.3, -0.25) is 9.59 Å². The minimum absolute atomic E-state index is 0.226. The summed E-state index contributed by atoms with van der Waals surface area (Å²) in [5.41, 5.74) is 1.66. The Morgan fingerprint density at radius 3 is 2.55 bits per heavy atom. The van der Waals surface area contributed by atoms with E-state index in [2.05, 4.69) is 0 Å². The number of halogens is 1. The van der Waals surface area contributed by atoms with Gasteiger partial charge >= 0.3 is 5.97 Å². The molecule has 3 rings (SSSR count). The Morgan fingerprint density at radius 1 is 1.18 bits per heavy atom. The number of likely N-dealkylation sites (N-methyl/N-ethyl adjacent to an activating group) is 1. The molecular formula is C25H31ClN2O4S. The van der Waals surface area contributed by atoms with Crippen LogP contribution < -0.4 is 9.64 Å². The SMILES string of the molecule is CCCCC(=O)O[C@@H]1C(=O)N(CCN(C)C)c2ccc(Cl)cc2S[C@@H]1c1ccc(OC)cc1. The normalized spacial score (nSPS) is 18.1. The zero-order valence-electron chi connectivity index (χ0n) is 19.5. The van der Waals surface area contributed by atoms with E-state index in [-0.39, 0.29) is 18.3 Å². The molecule has 0 unspecified atom stereocenters. The van der Waals surface area contributed by atoms with Gasteiger partial charge in [-0.1, -0.05) is 37.1 Å². The first-order chi connectivity index (χ1) is 15.8. The van der Waals surface area contributed by atoms with Crippen molar-refractivity contribution >= 4 is 40.9 Å². The molecule has 0 fully saturated rings. The van der Waals surface area contributed by atoms with Crippen molar-refractivity contribution in [3.05, 3.63) is 53.1 Å². The van der Waals surface area contributed by atoms with E-state index in [9.17, 15) is 9.59 Å². The Balaban J connectivity index is 2.06. The third-order valence-electron chi connectivity index (χ3n) is 5.46. The van der Waals surface area contributed by atoms with Gasteiger partial charge in [0.2, 0.25) is 0 Å². The van der Waals surface area contributed by atoms with Crippen LogP contribution in [0.5, 0.6) is 5.75 Å². The summed E-state index contributed by atoms with van der Waals surface area (Å²) in [5, 5.41) is 0.170. The van der Waals surface area contributed by atoms with Crippen LogP contribution in [0.4, 0.5) is 5.69 Å². The summed E-state index contributed by atoms with van der Waals surface area (Å²) in [6, 6.07) is 13.0. The number of ether oxygens (including phenoxy) is 2. The smallest absolute Gasteiger partial charge is 0.306 e. The van der Waals surface area contributed by atoms with Gasteiger partial charge in [-0.25, -0.2) is 0 Å². The van der Waals surface area contributed by atoms with Crippen molar-refractivity contribution < 1.29 is 19.1 Å². The molecule has 2 aromatic rings. The molecule has 1 aliphatic rings. The van der Waals surface area contributed by atoms with Crippen molar-refractivity contribution in [2.45, 2.75) is 42.4 Å². The Kier molecular flexibility index (Phi) is 9.06. The zero-order valence-corrected chi connectivity index (χ0v) is 21.1. The summed E-state index contributed by atoms with van der Waals surface area (Å²) >= 11 is 7.82. The third kappa shape index (κ3) is 6.43. The first-order valence-corrected chi connectivity index (χ1v) is 12.4. The fraction of sp³-hybridized carbons (Fsp3) is 0.440. The Labute approximate surface area is 205 Å². The quantitative estimate of drug-likeness (QED) is 0.451. The molecule has 1 heterocycles. The summed E-state index contributed by atoms with van der Waals surface area (Å²) in [4.78, 5) is 31.2. The van der Waals surface area contributed by atoms with Gasteiger partial charge in [-0.05, 0) is 56.4 Å². The lowest BCUT2D eigenvalue weighted by atomic mass is 10.1. The summed E-state index contributed by atoms with van der Waals surface area (Å²) < 4.78 is 11.2. The maximum Gasteiger partial charge on any atom is 0.306 e. The first kappa shape index (κ1) is 25.4. The topological polar surface area (TPSA) is 59.1 Å². The van der Waals surface area contributed by atoms with Crippen LogP contribution in [0.3, 0.4) is 0 Å². The van der Waals surface area contributed by atoms with Gasteiger partial charge in [0, 0.05) is 29.4 Å². The fourth-order valence-corrected chi connectivity index (χ4v) is 5.20. The third-order valence-corrected chi connectivity index (χ3v) is 7.05. The molecule has 178 valence electrons. The molecule has 1 aliphatic heterocycles. The molecule has 0 aliphatic carbocycles. The van der Waals surface area contributed by atoms with Gasteiger partial charge < -0.3 is 19.3 Å². The van der Waals surface area contributed by atoms with Crippen LogP contribution in [-0.4, -0.2) is 57.2 Å². The average Bonchev–Trinajstić information content (AvgIpc) is 2.90. The number of thioether (sulfide) groups is 1. The molecule has 1 amide bonds. The predicted molar refractivity (Wildman–Crippen MR) is 133 cm³/mol. The van der Waals surface area contributed by atoms with Crippen molar-refractivity contribution in [1.82, 2.24) is 4.90 Å². The van der Waals surface area contributed by atoms with Gasteiger partial charge in [0.25, 0.3) is 5.91 Å². The number of nitrogens with zero attached hydrogens (tertiary/aromatic N) is 2. The van der Waals surface area contributed by atoms with Crippen LogP contribution in [-0.2, 0) is 14.3 Å². The van der Waals surface area contributed by atoms with Crippen LogP contribution in [0, 0.1) is 0 Å². The molecule has 0 saturated heterocycles. The first-order valence-electron chi connectivity index (χ1n) is 11.1. The van der Waals surface area contributed by atoms with Crippen molar-refractivity contribution in [1.29, 1.82) is 0 Å². The molecule has 0 aromatic heterocycles. The highest BCUT2D eigenvalue weighted by atomic mass is 35.5. The summed E-state index contributed by atoms with van der Waals surface area (Å²) in [6.45, 7) is 3.16. The molecule has 0 bridgehead atoms. The van der Waals surface area contributed by atoms with Gasteiger partial charge in [-0.2, -0.15) is 0 Å². The van der Waals surface area contributed by atoms with E-state index < -0.39 is 11.4 Å². The van der Waals surface area contributed by atoms with E-state index in [1.54, 1.807) is 18.1 Å². The van der Waals surface area contributed by atoms with Crippen LogP contribution in [0.1, 0.15) is 37.0 Å². The molecule has 0 N–H and O–H groups in total. The number of carbonyl (C=O) groups is 2. The molecule has 2 atom stereocenters. The minimum Gasteiger partial charge on any atom is -0.497 e. The maximum absolute atomic E-state index is 13.9. The van der Waals surface area contributed by atoms with Crippen molar-refractivity contribution in [3.63, 3.8) is 0 Å². The predicted octanol–water partition coefficient (Wildman–Crippen LogP) is 5.19. The molecule has 2 aromatic carbocycles. The van der Waals surface area contributed by atoms with Crippen LogP contribution in [0.25, 0.3) is 0 Å². The number of hydrogen-bond acceptors (Lipinski definition) is 6. The Hall–Kier alpha value is -2.22. The number of hydrogen-bond donors (Lipinski definition) is 0. The number of methoxy groups -OCH3 is 1. The van der Waals surface area contributed by atoms with E-state index in [1.165, 1.54) is 11.8 Å². The van der Waals surface area contributed by atoms with Gasteiger partial charge in [0.1, 0.15) is 5.75 Å². The standard InChI is InChI=1S/C25H31ClN2O4S/c1-5-6-7-22(29)32-23-24(17-8-11-19(31-4)12-9-17)33-21-16-18(26)10-13-20(21)28(25(23)30)15-14-27(2)3/h8-13,16,23-24H,5-7,14-15H2,1-4H3/t23-,24+/m0/s1. The number of benzene rings is 2. The zero-order chi connectivity index (χ0) is 24.0. The molecule has 0 spiro atoms. The van der Waals surface area contributed by atoms with E-state index >= 15 is 0 Å². The lowest BCUT2D eigenvalue weighted by molar-refractivity contribution is -0.155. The molecule has 0 radical (unpaired) electrons. The summed E-state index contributed by atoms with van der Waals surface area (Å²) in [5.74, 6) is 0.137. The molecular weight excluding hydrogens is 460 g/mol. The van der Waals surface area contributed by atoms with Crippen molar-refractivity contribution in [2.75, 3.05) is 39.2 Å². The highest BCUT2D eigenvalue weighted by molar-refractivity contribution is 7.99. The Morgan fingerprint density at radius 2 is 1.91 bits per heavy atom. The van der Waals surface area contributed by atoms with E-state index in [0.717, 1.165) is 34.7 Å². The van der Waals surface area contributed by atoms with E-state index in [0.29, 0.717) is 18.1 Å². The van der Waals surface area contributed by atoms with E-state index in [4.69, 9.17) is 21.1 Å².